The number of anilines is 1. The van der Waals surface area contributed by atoms with Gasteiger partial charge in [0.05, 0.1) is 29.9 Å². The van der Waals surface area contributed by atoms with Crippen molar-refractivity contribution >= 4 is 34.8 Å². The summed E-state index contributed by atoms with van der Waals surface area (Å²) >= 11 is 0. The van der Waals surface area contributed by atoms with Crippen molar-refractivity contribution in [3.63, 3.8) is 0 Å². The van der Waals surface area contributed by atoms with Crippen LogP contribution >= 0.6 is 12.4 Å². The molecule has 0 bridgehead atoms. The molecule has 4 aromatic rings. The second kappa shape index (κ2) is 11.1. The lowest BCUT2D eigenvalue weighted by molar-refractivity contribution is 0.106. The van der Waals surface area contributed by atoms with Crippen LogP contribution in [-0.2, 0) is 0 Å². The van der Waals surface area contributed by atoms with Gasteiger partial charge in [-0.15, -0.1) is 17.5 Å². The number of halogens is 1. The van der Waals surface area contributed by atoms with Gasteiger partial charge in [-0.3, -0.25) is 10.00 Å². The highest BCUT2D eigenvalue weighted by molar-refractivity contribution is 6.00. The highest BCUT2D eigenvalue weighted by Crippen LogP contribution is 2.34. The van der Waals surface area contributed by atoms with Crippen LogP contribution in [0.4, 0.5) is 5.82 Å². The van der Waals surface area contributed by atoms with E-state index in [0.29, 0.717) is 6.61 Å². The molecule has 0 radical (unpaired) electrons. The van der Waals surface area contributed by atoms with Gasteiger partial charge >= 0.3 is 0 Å². The van der Waals surface area contributed by atoms with E-state index in [1.165, 1.54) is 0 Å². The zero-order valence-corrected chi connectivity index (χ0v) is 23.1. The summed E-state index contributed by atoms with van der Waals surface area (Å²) in [7, 11) is 0. The van der Waals surface area contributed by atoms with Crippen LogP contribution in [0, 0.1) is 0 Å². The van der Waals surface area contributed by atoms with Gasteiger partial charge in [0.15, 0.2) is 5.65 Å². The Balaban J connectivity index is 0.00000294. The number of hydrogen-bond acceptors (Lipinski definition) is 8. The van der Waals surface area contributed by atoms with Gasteiger partial charge < -0.3 is 20.3 Å². The van der Waals surface area contributed by atoms with E-state index in [1.54, 1.807) is 0 Å². The molecule has 0 saturated carbocycles. The second-order valence-electron chi connectivity index (χ2n) is 10.4. The molecule has 6 rings (SSSR count). The molecule has 2 aliphatic rings. The van der Waals surface area contributed by atoms with E-state index in [-0.39, 0.29) is 17.9 Å². The van der Waals surface area contributed by atoms with Gasteiger partial charge in [0.1, 0.15) is 11.6 Å². The first-order valence-electron chi connectivity index (χ1n) is 13.5. The Morgan fingerprint density at radius 3 is 2.47 bits per heavy atom. The molecule has 0 amide bonds. The molecule has 0 aliphatic carbocycles. The van der Waals surface area contributed by atoms with Crippen molar-refractivity contribution in [3.05, 3.63) is 36.8 Å². The van der Waals surface area contributed by atoms with Gasteiger partial charge in [0.2, 0.25) is 0 Å². The number of likely N-dealkylation sites (N-methyl/N-ethyl adjacent to an activating group) is 1. The van der Waals surface area contributed by atoms with Crippen molar-refractivity contribution in [1.29, 1.82) is 0 Å². The number of nitrogens with zero attached hydrogens (tertiary/aromatic N) is 7. The van der Waals surface area contributed by atoms with Gasteiger partial charge in [-0.1, -0.05) is 6.92 Å². The van der Waals surface area contributed by atoms with E-state index < -0.39 is 0 Å². The van der Waals surface area contributed by atoms with Crippen LogP contribution in [-0.4, -0.2) is 99.1 Å². The lowest BCUT2D eigenvalue weighted by atomic mass is 9.87. The average Bonchev–Trinajstić information content (AvgIpc) is 3.51. The van der Waals surface area contributed by atoms with Crippen molar-refractivity contribution in [2.75, 3.05) is 63.9 Å². The molecule has 0 atom stereocenters. The molecule has 3 N–H and O–H groups in total. The van der Waals surface area contributed by atoms with Crippen molar-refractivity contribution in [3.8, 4) is 16.9 Å². The van der Waals surface area contributed by atoms with Crippen LogP contribution in [0.25, 0.3) is 27.7 Å². The Labute approximate surface area is 229 Å². The van der Waals surface area contributed by atoms with Crippen molar-refractivity contribution in [2.45, 2.75) is 32.2 Å². The number of ether oxygens (including phenoxy) is 1. The minimum Gasteiger partial charge on any atom is -0.492 e. The Bertz CT molecular complexity index is 1350. The maximum Gasteiger partial charge on any atom is 0.178 e. The molecular formula is C27H38ClN9O. The number of pyridine rings is 2. The number of hydrogen-bond donors (Lipinski definition) is 2. The number of nitrogens with two attached hydrogens (primary N) is 1. The Kier molecular flexibility index (Phi) is 7.76. The molecule has 0 unspecified atom stereocenters. The standard InChI is InChI=1S/C27H37N9O.ClH/c1-3-33-11-13-34(14-12-33)19-27(28)7-9-35(10-8-27)24-6-5-20(16-29-24)22-15-21(37-4-2)18-36-25(22)23-17-30-31-26(23)32-36;/h5-6,15-18H,3-4,7-14,19,28H2,1-2H3,(H,31,32);1H. The number of aromatic amines is 1. The lowest BCUT2D eigenvalue weighted by Gasteiger charge is -2.44. The number of fused-ring (bicyclic) bond motifs is 3. The van der Waals surface area contributed by atoms with Crippen molar-refractivity contribution in [1.82, 2.24) is 34.6 Å². The molecule has 38 heavy (non-hydrogen) atoms. The largest absolute Gasteiger partial charge is 0.492 e. The van der Waals surface area contributed by atoms with Gasteiger partial charge in [0.25, 0.3) is 0 Å². The zero-order valence-electron chi connectivity index (χ0n) is 22.3. The summed E-state index contributed by atoms with van der Waals surface area (Å²) in [5.41, 5.74) is 10.6. The maximum atomic E-state index is 6.89. The Morgan fingerprint density at radius 1 is 1.03 bits per heavy atom. The monoisotopic (exact) mass is 539 g/mol. The number of aromatic nitrogens is 5. The molecule has 204 valence electrons. The van der Waals surface area contributed by atoms with Gasteiger partial charge in [-0.05, 0) is 44.5 Å². The van der Waals surface area contributed by atoms with E-state index in [1.807, 2.05) is 30.0 Å². The highest BCUT2D eigenvalue weighted by Gasteiger charge is 2.33. The molecule has 0 aromatic carbocycles. The van der Waals surface area contributed by atoms with E-state index >= 15 is 0 Å². The molecule has 2 fully saturated rings. The molecule has 11 heteroatoms. The quantitative estimate of drug-likeness (QED) is 0.369. The zero-order chi connectivity index (χ0) is 25.4. The third-order valence-electron chi connectivity index (χ3n) is 8.01. The normalized spacial score (nSPS) is 18.7. The summed E-state index contributed by atoms with van der Waals surface area (Å²) in [6.07, 6.45) is 7.65. The molecule has 2 aliphatic heterocycles. The Hall–Kier alpha value is -2.92. The smallest absolute Gasteiger partial charge is 0.178 e. The van der Waals surface area contributed by atoms with Gasteiger partial charge in [-0.25, -0.2) is 9.50 Å². The summed E-state index contributed by atoms with van der Waals surface area (Å²) in [5, 5.41) is 12.7. The van der Waals surface area contributed by atoms with Crippen molar-refractivity contribution < 1.29 is 4.74 Å². The first kappa shape index (κ1) is 26.7. The molecule has 4 aromatic heterocycles. The second-order valence-corrected chi connectivity index (χ2v) is 10.4. The molecule has 0 spiro atoms. The number of piperidine rings is 1. The fourth-order valence-electron chi connectivity index (χ4n) is 5.79. The van der Waals surface area contributed by atoms with Gasteiger partial charge in [0, 0.05) is 68.7 Å². The fourth-order valence-corrected chi connectivity index (χ4v) is 5.79. The minimum absolute atomic E-state index is 0. The van der Waals surface area contributed by atoms with Crippen LogP contribution < -0.4 is 15.4 Å². The first-order chi connectivity index (χ1) is 18.0. The highest BCUT2D eigenvalue weighted by atomic mass is 35.5. The van der Waals surface area contributed by atoms with Crippen molar-refractivity contribution in [2.24, 2.45) is 5.73 Å². The summed E-state index contributed by atoms with van der Waals surface area (Å²) < 4.78 is 7.69. The number of piperazine rings is 1. The summed E-state index contributed by atoms with van der Waals surface area (Å²) in [5.74, 6) is 1.78. The van der Waals surface area contributed by atoms with Gasteiger partial charge in [-0.2, -0.15) is 5.10 Å². The molecule has 6 heterocycles. The first-order valence-corrected chi connectivity index (χ1v) is 13.5. The van der Waals surface area contributed by atoms with Crippen LogP contribution in [0.15, 0.2) is 36.8 Å². The number of rotatable bonds is 7. The SMILES string of the molecule is CCOc1cc(-c2ccc(N3CCC(N)(CN4CCN(CC)CC4)CC3)nc2)c2c3cn[nH]c3nn2c1.Cl. The minimum atomic E-state index is -0.117. The van der Waals surface area contributed by atoms with E-state index in [2.05, 4.69) is 55.1 Å². The van der Waals surface area contributed by atoms with Crippen LogP contribution in [0.5, 0.6) is 5.75 Å². The summed E-state index contributed by atoms with van der Waals surface area (Å²) in [6, 6.07) is 6.33. The lowest BCUT2D eigenvalue weighted by Crippen LogP contribution is -2.59. The predicted molar refractivity (Wildman–Crippen MR) is 153 cm³/mol. The van der Waals surface area contributed by atoms with E-state index in [4.69, 9.17) is 15.5 Å². The third-order valence-corrected chi connectivity index (χ3v) is 8.01. The Morgan fingerprint density at radius 2 is 1.79 bits per heavy atom. The average molecular weight is 540 g/mol. The molecule has 2 saturated heterocycles. The predicted octanol–water partition coefficient (Wildman–Crippen LogP) is 3.03. The fraction of sp³-hybridized carbons (Fsp3) is 0.519. The summed E-state index contributed by atoms with van der Waals surface area (Å²) in [4.78, 5) is 12.3. The topological polar surface area (TPSA) is 104 Å². The van der Waals surface area contributed by atoms with Crippen LogP contribution in [0.1, 0.15) is 26.7 Å². The third kappa shape index (κ3) is 5.18. The van der Waals surface area contributed by atoms with Crippen LogP contribution in [0.3, 0.4) is 0 Å². The maximum absolute atomic E-state index is 6.89. The molecular weight excluding hydrogens is 502 g/mol. The molecule has 10 nitrogen and oxygen atoms in total. The number of nitrogens with one attached hydrogen (secondary N) is 1. The van der Waals surface area contributed by atoms with E-state index in [0.717, 1.165) is 104 Å². The van der Waals surface area contributed by atoms with Crippen LogP contribution in [0.2, 0.25) is 0 Å². The van der Waals surface area contributed by atoms with E-state index in [9.17, 15) is 0 Å². The summed E-state index contributed by atoms with van der Waals surface area (Å²) in [6.45, 7) is 13.4. The number of H-pyrrole nitrogens is 1.